The van der Waals surface area contributed by atoms with Gasteiger partial charge in [-0.15, -0.1) is 0 Å². The number of hydrogen-bond acceptors (Lipinski definition) is 5. The van der Waals surface area contributed by atoms with Crippen molar-refractivity contribution in [2.75, 3.05) is 4.90 Å². The van der Waals surface area contributed by atoms with E-state index in [2.05, 4.69) is 10.1 Å². The maximum atomic E-state index is 13.6. The number of alkyl halides is 2. The molecule has 0 amide bonds. The third-order valence-corrected chi connectivity index (χ3v) is 7.84. The van der Waals surface area contributed by atoms with Gasteiger partial charge in [0.05, 0.1) is 21.5 Å². The number of nitrogens with zero attached hydrogens (tertiary/aromatic N) is 5. The largest absolute Gasteiger partial charge is 0.345 e. The fourth-order valence-electron chi connectivity index (χ4n) is 5.81. The smallest absolute Gasteiger partial charge is 0.264 e. The van der Waals surface area contributed by atoms with Crippen molar-refractivity contribution in [1.82, 2.24) is 24.3 Å². The molecule has 8 nitrogen and oxygen atoms in total. The minimum atomic E-state index is -2.58. The zero-order chi connectivity index (χ0) is 23.9. The number of anilines is 1. The number of benzene rings is 1. The van der Waals surface area contributed by atoms with Crippen LogP contribution in [0.15, 0.2) is 29.3 Å². The molecule has 2 unspecified atom stereocenters. The Hall–Kier alpha value is -2.98. The van der Waals surface area contributed by atoms with Crippen LogP contribution >= 0.6 is 11.6 Å². The number of halogens is 3. The fourth-order valence-corrected chi connectivity index (χ4v) is 6.12. The van der Waals surface area contributed by atoms with Crippen LogP contribution in [-0.4, -0.2) is 48.4 Å². The number of aryl methyl sites for hydroxylation is 1. The van der Waals surface area contributed by atoms with E-state index < -0.39 is 12.0 Å². The molecular formula is C23H24ClF2N7O. The monoisotopic (exact) mass is 487 g/mol. The van der Waals surface area contributed by atoms with Crippen molar-refractivity contribution < 1.29 is 8.78 Å². The lowest BCUT2D eigenvalue weighted by Gasteiger charge is -2.44. The molecule has 2 saturated heterocycles. The fraction of sp³-hybridized carbons (Fsp3) is 0.435. The topological polar surface area (TPSA) is 97.8 Å². The first-order chi connectivity index (χ1) is 16.2. The number of piperidine rings is 1. The van der Waals surface area contributed by atoms with Gasteiger partial charge >= 0.3 is 0 Å². The van der Waals surface area contributed by atoms with Crippen LogP contribution in [0.1, 0.15) is 25.7 Å². The van der Waals surface area contributed by atoms with Gasteiger partial charge in [-0.05, 0) is 31.7 Å². The maximum Gasteiger partial charge on any atom is 0.264 e. The molecular weight excluding hydrogens is 464 g/mol. The highest BCUT2D eigenvalue weighted by Gasteiger charge is 2.51. The summed E-state index contributed by atoms with van der Waals surface area (Å²) in [5.74, 6) is 0.475. The van der Waals surface area contributed by atoms with Crippen molar-refractivity contribution >= 4 is 39.5 Å². The Morgan fingerprint density at radius 2 is 1.91 bits per heavy atom. The van der Waals surface area contributed by atoms with Crippen LogP contribution in [0.5, 0.6) is 0 Å². The molecule has 2 bridgehead atoms. The zero-order valence-corrected chi connectivity index (χ0v) is 19.5. The van der Waals surface area contributed by atoms with Gasteiger partial charge in [0.2, 0.25) is 5.95 Å². The summed E-state index contributed by atoms with van der Waals surface area (Å²) in [4.78, 5) is 23.5. The van der Waals surface area contributed by atoms with Crippen molar-refractivity contribution in [2.45, 2.75) is 49.7 Å². The molecule has 2 atom stereocenters. The van der Waals surface area contributed by atoms with Gasteiger partial charge in [-0.1, -0.05) is 17.7 Å². The van der Waals surface area contributed by atoms with Crippen molar-refractivity contribution in [3.05, 3.63) is 39.9 Å². The van der Waals surface area contributed by atoms with Crippen molar-refractivity contribution in [3.8, 4) is 11.1 Å². The summed E-state index contributed by atoms with van der Waals surface area (Å²) in [6.45, 7) is 0. The van der Waals surface area contributed by atoms with Gasteiger partial charge in [0.1, 0.15) is 5.65 Å². The van der Waals surface area contributed by atoms with Crippen molar-refractivity contribution in [3.63, 3.8) is 0 Å². The number of aromatic nitrogens is 5. The van der Waals surface area contributed by atoms with E-state index in [0.717, 1.165) is 23.7 Å². The molecule has 34 heavy (non-hydrogen) atoms. The SMILES string of the molecule is Cn1cc2c(Cl)c(-c3c[nH]c4nc(N5C6CCC5CC(N)(C(F)F)C6)n(C)c(=O)c34)ccc2n1. The molecule has 11 heteroatoms. The van der Waals surface area contributed by atoms with E-state index in [-0.39, 0.29) is 30.5 Å². The molecule has 178 valence electrons. The first kappa shape index (κ1) is 21.5. The van der Waals surface area contributed by atoms with Gasteiger partial charge in [0.15, 0.2) is 0 Å². The molecule has 2 fully saturated rings. The Labute approximate surface area is 198 Å². The van der Waals surface area contributed by atoms with Gasteiger partial charge < -0.3 is 15.6 Å². The number of rotatable bonds is 3. The molecule has 3 aromatic heterocycles. The number of nitrogens with one attached hydrogen (secondary N) is 1. The van der Waals surface area contributed by atoms with Crippen LogP contribution < -0.4 is 16.2 Å². The Morgan fingerprint density at radius 3 is 2.59 bits per heavy atom. The standard InChI is InChI=1S/C23H24ClF2N7O/c1-31-10-15-16(30-31)6-5-13(18(15)24)14-9-28-19-17(14)20(34)32(2)22(29-19)33-11-3-4-12(33)8-23(27,7-11)21(25)26/h5-6,9-12,21,28H,3-4,7-8,27H2,1-2H3. The van der Waals surface area contributed by atoms with E-state index in [0.29, 0.717) is 33.1 Å². The summed E-state index contributed by atoms with van der Waals surface area (Å²) in [6.07, 6.45) is 2.84. The molecule has 6 rings (SSSR count). The quantitative estimate of drug-likeness (QED) is 0.460. The first-order valence-electron chi connectivity index (χ1n) is 11.2. The average Bonchev–Trinajstić information content (AvgIpc) is 3.45. The number of hydrogen-bond donors (Lipinski definition) is 2. The lowest BCUT2D eigenvalue weighted by molar-refractivity contribution is 0.0294. The second kappa shape index (κ2) is 7.26. The van der Waals surface area contributed by atoms with Gasteiger partial charge in [-0.2, -0.15) is 10.1 Å². The van der Waals surface area contributed by atoms with Crippen LogP contribution in [0.4, 0.5) is 14.7 Å². The normalized spacial score (nSPS) is 24.7. The molecule has 1 aromatic carbocycles. The van der Waals surface area contributed by atoms with Gasteiger partial charge in [0, 0.05) is 55.1 Å². The highest BCUT2D eigenvalue weighted by Crippen LogP contribution is 2.44. The molecule has 0 aliphatic carbocycles. The third kappa shape index (κ3) is 2.94. The van der Waals surface area contributed by atoms with E-state index in [1.165, 1.54) is 4.57 Å². The zero-order valence-electron chi connectivity index (χ0n) is 18.7. The van der Waals surface area contributed by atoms with E-state index in [4.69, 9.17) is 22.3 Å². The summed E-state index contributed by atoms with van der Waals surface area (Å²) in [6, 6.07) is 3.37. The van der Waals surface area contributed by atoms with Gasteiger partial charge in [-0.25, -0.2) is 8.78 Å². The van der Waals surface area contributed by atoms with Crippen molar-refractivity contribution in [1.29, 1.82) is 0 Å². The minimum Gasteiger partial charge on any atom is -0.345 e. The highest BCUT2D eigenvalue weighted by atomic mass is 35.5. The second-order valence-corrected chi connectivity index (χ2v) is 9.98. The lowest BCUT2D eigenvalue weighted by Crippen LogP contribution is -2.60. The number of aromatic amines is 1. The summed E-state index contributed by atoms with van der Waals surface area (Å²) in [7, 11) is 3.50. The molecule has 2 aliphatic heterocycles. The molecule has 2 aliphatic rings. The molecule has 0 saturated carbocycles. The Bertz CT molecular complexity index is 1490. The van der Waals surface area contributed by atoms with E-state index in [9.17, 15) is 13.6 Å². The number of nitrogens with two attached hydrogens (primary N) is 1. The van der Waals surface area contributed by atoms with E-state index >= 15 is 0 Å². The predicted molar refractivity (Wildman–Crippen MR) is 127 cm³/mol. The van der Waals surface area contributed by atoms with Crippen molar-refractivity contribution in [2.24, 2.45) is 19.8 Å². The minimum absolute atomic E-state index is 0.172. The number of fused-ring (bicyclic) bond motifs is 4. The lowest BCUT2D eigenvalue weighted by atomic mass is 9.84. The number of H-pyrrole nitrogens is 1. The molecule has 0 radical (unpaired) electrons. The van der Waals surface area contributed by atoms with Gasteiger partial charge in [0.25, 0.3) is 12.0 Å². The van der Waals surface area contributed by atoms with Gasteiger partial charge in [-0.3, -0.25) is 14.0 Å². The molecule has 0 spiro atoms. The Balaban J connectivity index is 1.46. The van der Waals surface area contributed by atoms with E-state index in [1.54, 1.807) is 17.9 Å². The summed E-state index contributed by atoms with van der Waals surface area (Å²) in [5.41, 5.74) is 6.91. The van der Waals surface area contributed by atoms with Crippen LogP contribution in [0.2, 0.25) is 5.02 Å². The van der Waals surface area contributed by atoms with Crippen LogP contribution in [0, 0.1) is 0 Å². The summed E-state index contributed by atoms with van der Waals surface area (Å²) in [5, 5.41) is 6.12. The Morgan fingerprint density at radius 1 is 1.21 bits per heavy atom. The third-order valence-electron chi connectivity index (χ3n) is 7.43. The second-order valence-electron chi connectivity index (χ2n) is 9.60. The first-order valence-corrected chi connectivity index (χ1v) is 11.6. The highest BCUT2D eigenvalue weighted by molar-refractivity contribution is 6.38. The van der Waals surface area contributed by atoms with Crippen LogP contribution in [-0.2, 0) is 14.1 Å². The van der Waals surface area contributed by atoms with Crippen LogP contribution in [0.3, 0.4) is 0 Å². The maximum absolute atomic E-state index is 13.6. The molecule has 5 heterocycles. The van der Waals surface area contributed by atoms with Crippen LogP contribution in [0.25, 0.3) is 33.1 Å². The van der Waals surface area contributed by atoms with E-state index in [1.807, 2.05) is 30.3 Å². The average molecular weight is 488 g/mol. The summed E-state index contributed by atoms with van der Waals surface area (Å²) < 4.78 is 30.4. The Kier molecular flexibility index (Phi) is 4.60. The molecule has 4 aromatic rings. The predicted octanol–water partition coefficient (Wildman–Crippen LogP) is 3.56. The summed E-state index contributed by atoms with van der Waals surface area (Å²) >= 11 is 6.71. The molecule has 3 N–H and O–H groups in total.